The molecule has 0 aliphatic carbocycles. The number of anilines is 1. The summed E-state index contributed by atoms with van der Waals surface area (Å²) in [7, 11) is 0. The molecule has 0 saturated heterocycles. The van der Waals surface area contributed by atoms with E-state index in [0.717, 1.165) is 0 Å². The molecular formula is C9H11N3O3. The number of carbonyl (C=O) groups is 2. The first-order valence-electron chi connectivity index (χ1n) is 4.26. The van der Waals surface area contributed by atoms with Crippen molar-refractivity contribution in [3.05, 3.63) is 23.9 Å². The number of carbonyl (C=O) groups excluding carboxylic acids is 1. The minimum Gasteiger partial charge on any atom is -0.480 e. The first-order chi connectivity index (χ1) is 7.00. The van der Waals surface area contributed by atoms with Gasteiger partial charge in [-0.15, -0.1) is 0 Å². The molecule has 6 heteroatoms. The number of nitrogens with one attached hydrogen (secondary N) is 1. The Kier molecular flexibility index (Phi) is 3.22. The molecule has 0 aromatic carbocycles. The SMILES string of the molecule is CC(Nc1cc(C(N)=O)ccn1)C(=O)O. The van der Waals surface area contributed by atoms with Gasteiger partial charge in [-0.2, -0.15) is 0 Å². The second kappa shape index (κ2) is 4.41. The number of amides is 1. The van der Waals surface area contributed by atoms with Crippen LogP contribution in [0.1, 0.15) is 17.3 Å². The molecule has 1 unspecified atom stereocenters. The standard InChI is InChI=1S/C9H11N3O3/c1-5(9(14)15)12-7-4-6(8(10)13)2-3-11-7/h2-5H,1H3,(H2,10,13)(H,11,12)(H,14,15). The van der Waals surface area contributed by atoms with E-state index in [-0.39, 0.29) is 5.56 Å². The molecule has 1 aromatic rings. The molecule has 15 heavy (non-hydrogen) atoms. The van der Waals surface area contributed by atoms with Gasteiger partial charge in [-0.1, -0.05) is 0 Å². The van der Waals surface area contributed by atoms with E-state index in [1.807, 2.05) is 0 Å². The molecule has 0 radical (unpaired) electrons. The first-order valence-corrected chi connectivity index (χ1v) is 4.26. The summed E-state index contributed by atoms with van der Waals surface area (Å²) in [6.07, 6.45) is 1.39. The van der Waals surface area contributed by atoms with Crippen LogP contribution in [-0.2, 0) is 4.79 Å². The van der Waals surface area contributed by atoms with E-state index in [0.29, 0.717) is 5.82 Å². The van der Waals surface area contributed by atoms with Crippen molar-refractivity contribution in [3.8, 4) is 0 Å². The molecular weight excluding hydrogens is 198 g/mol. The molecule has 1 atom stereocenters. The molecule has 1 amide bonds. The normalized spacial score (nSPS) is 11.8. The molecule has 0 aliphatic heterocycles. The Labute approximate surface area is 86.1 Å². The number of carboxylic acid groups (broad SMARTS) is 1. The maximum atomic E-state index is 10.8. The fraction of sp³-hybridized carbons (Fsp3) is 0.222. The van der Waals surface area contributed by atoms with Gasteiger partial charge >= 0.3 is 5.97 Å². The monoisotopic (exact) mass is 209 g/mol. The van der Waals surface area contributed by atoms with E-state index >= 15 is 0 Å². The summed E-state index contributed by atoms with van der Waals surface area (Å²) in [6, 6.07) is 2.08. The summed E-state index contributed by atoms with van der Waals surface area (Å²) in [5.41, 5.74) is 5.34. The van der Waals surface area contributed by atoms with Crippen LogP contribution in [0, 0.1) is 0 Å². The minimum atomic E-state index is -0.999. The van der Waals surface area contributed by atoms with E-state index in [4.69, 9.17) is 10.8 Å². The number of nitrogens with zero attached hydrogens (tertiary/aromatic N) is 1. The van der Waals surface area contributed by atoms with Crippen molar-refractivity contribution in [2.45, 2.75) is 13.0 Å². The van der Waals surface area contributed by atoms with Gasteiger partial charge in [-0.05, 0) is 19.1 Å². The van der Waals surface area contributed by atoms with E-state index in [1.54, 1.807) is 0 Å². The van der Waals surface area contributed by atoms with Crippen molar-refractivity contribution < 1.29 is 14.7 Å². The number of aromatic nitrogens is 1. The number of aliphatic carboxylic acids is 1. The summed E-state index contributed by atoms with van der Waals surface area (Å²) in [4.78, 5) is 25.2. The van der Waals surface area contributed by atoms with Crippen molar-refractivity contribution in [3.63, 3.8) is 0 Å². The molecule has 0 saturated carbocycles. The van der Waals surface area contributed by atoms with Crippen molar-refractivity contribution in [1.82, 2.24) is 4.98 Å². The molecule has 1 heterocycles. The lowest BCUT2D eigenvalue weighted by atomic mass is 10.2. The third kappa shape index (κ3) is 2.94. The van der Waals surface area contributed by atoms with Crippen molar-refractivity contribution >= 4 is 17.7 Å². The summed E-state index contributed by atoms with van der Waals surface area (Å²) < 4.78 is 0. The van der Waals surface area contributed by atoms with Crippen LogP contribution in [0.15, 0.2) is 18.3 Å². The number of rotatable bonds is 4. The quantitative estimate of drug-likeness (QED) is 0.650. The van der Waals surface area contributed by atoms with Gasteiger partial charge in [0, 0.05) is 11.8 Å². The zero-order valence-corrected chi connectivity index (χ0v) is 8.10. The second-order valence-corrected chi connectivity index (χ2v) is 3.00. The molecule has 0 aliphatic rings. The summed E-state index contributed by atoms with van der Waals surface area (Å²) >= 11 is 0. The maximum absolute atomic E-state index is 10.8. The smallest absolute Gasteiger partial charge is 0.325 e. The first kappa shape index (κ1) is 11.0. The van der Waals surface area contributed by atoms with Gasteiger partial charge < -0.3 is 16.2 Å². The van der Waals surface area contributed by atoms with Crippen LogP contribution >= 0.6 is 0 Å². The van der Waals surface area contributed by atoms with E-state index in [1.165, 1.54) is 25.3 Å². The number of hydrogen-bond donors (Lipinski definition) is 3. The van der Waals surface area contributed by atoms with Crippen LogP contribution in [0.5, 0.6) is 0 Å². The Bertz CT molecular complexity index is 392. The number of nitrogens with two attached hydrogens (primary N) is 1. The lowest BCUT2D eigenvalue weighted by Gasteiger charge is -2.09. The Morgan fingerprint density at radius 3 is 2.80 bits per heavy atom. The molecule has 0 fully saturated rings. The lowest BCUT2D eigenvalue weighted by Crippen LogP contribution is -2.26. The highest BCUT2D eigenvalue weighted by Crippen LogP contribution is 2.07. The van der Waals surface area contributed by atoms with Crippen LogP contribution in [0.3, 0.4) is 0 Å². The van der Waals surface area contributed by atoms with Crippen LogP contribution in [0.4, 0.5) is 5.82 Å². The summed E-state index contributed by atoms with van der Waals surface area (Å²) in [6.45, 7) is 1.47. The predicted molar refractivity (Wildman–Crippen MR) is 53.5 cm³/mol. The van der Waals surface area contributed by atoms with E-state index in [9.17, 15) is 9.59 Å². The third-order valence-corrected chi connectivity index (χ3v) is 1.78. The van der Waals surface area contributed by atoms with Crippen molar-refractivity contribution in [2.75, 3.05) is 5.32 Å². The number of primary amides is 1. The van der Waals surface area contributed by atoms with Crippen molar-refractivity contribution in [1.29, 1.82) is 0 Å². The highest BCUT2D eigenvalue weighted by Gasteiger charge is 2.11. The molecule has 1 rings (SSSR count). The number of carboxylic acids is 1. The largest absolute Gasteiger partial charge is 0.480 e. The van der Waals surface area contributed by atoms with Gasteiger partial charge in [0.2, 0.25) is 5.91 Å². The van der Waals surface area contributed by atoms with Crippen LogP contribution in [0.2, 0.25) is 0 Å². The van der Waals surface area contributed by atoms with Crippen LogP contribution in [-0.4, -0.2) is 28.0 Å². The Morgan fingerprint density at radius 1 is 1.60 bits per heavy atom. The molecule has 80 valence electrons. The highest BCUT2D eigenvalue weighted by molar-refractivity contribution is 5.93. The molecule has 0 bridgehead atoms. The fourth-order valence-corrected chi connectivity index (χ4v) is 0.946. The average molecular weight is 209 g/mol. The number of hydrogen-bond acceptors (Lipinski definition) is 4. The molecule has 6 nitrogen and oxygen atoms in total. The van der Waals surface area contributed by atoms with Gasteiger partial charge in [0.1, 0.15) is 11.9 Å². The summed E-state index contributed by atoms with van der Waals surface area (Å²) in [5, 5.41) is 11.3. The Hall–Kier alpha value is -2.11. The minimum absolute atomic E-state index is 0.282. The Balaban J connectivity index is 2.82. The fourth-order valence-electron chi connectivity index (χ4n) is 0.946. The molecule has 4 N–H and O–H groups in total. The van der Waals surface area contributed by atoms with Gasteiger partial charge in [-0.25, -0.2) is 4.98 Å². The van der Waals surface area contributed by atoms with Crippen LogP contribution in [0.25, 0.3) is 0 Å². The zero-order valence-electron chi connectivity index (χ0n) is 8.10. The highest BCUT2D eigenvalue weighted by atomic mass is 16.4. The van der Waals surface area contributed by atoms with Crippen molar-refractivity contribution in [2.24, 2.45) is 5.73 Å². The summed E-state index contributed by atoms with van der Waals surface area (Å²) in [5.74, 6) is -1.27. The third-order valence-electron chi connectivity index (χ3n) is 1.78. The average Bonchev–Trinajstić information content (AvgIpc) is 2.18. The molecule has 1 aromatic heterocycles. The maximum Gasteiger partial charge on any atom is 0.325 e. The van der Waals surface area contributed by atoms with Crippen LogP contribution < -0.4 is 11.1 Å². The zero-order chi connectivity index (χ0) is 11.4. The second-order valence-electron chi connectivity index (χ2n) is 3.00. The Morgan fingerprint density at radius 2 is 2.27 bits per heavy atom. The lowest BCUT2D eigenvalue weighted by molar-refractivity contribution is -0.137. The van der Waals surface area contributed by atoms with Gasteiger partial charge in [-0.3, -0.25) is 9.59 Å². The van der Waals surface area contributed by atoms with Gasteiger partial charge in [0.25, 0.3) is 0 Å². The number of pyridine rings is 1. The predicted octanol–water partition coefficient (Wildman–Crippen LogP) is 0.0655. The van der Waals surface area contributed by atoms with E-state index in [2.05, 4.69) is 10.3 Å². The van der Waals surface area contributed by atoms with Gasteiger partial charge in [0.15, 0.2) is 0 Å². The topological polar surface area (TPSA) is 105 Å². The van der Waals surface area contributed by atoms with Gasteiger partial charge in [0.05, 0.1) is 0 Å². The molecule has 0 spiro atoms. The van der Waals surface area contributed by atoms with E-state index < -0.39 is 17.9 Å².